The Hall–Kier alpha value is -4.20. The molecule has 2 aromatic heterocycles. The molecule has 7 rings (SSSR count). The van der Waals surface area contributed by atoms with Crippen LogP contribution in [0.1, 0.15) is 33.4 Å². The molecule has 45 heavy (non-hydrogen) atoms. The molecule has 2 N–H and O–H groups in total. The van der Waals surface area contributed by atoms with Crippen LogP contribution in [0.3, 0.4) is 0 Å². The Kier molecular flexibility index (Phi) is 8.06. The second-order valence-corrected chi connectivity index (χ2v) is 12.9. The summed E-state index contributed by atoms with van der Waals surface area (Å²) < 4.78 is 11.8. The van der Waals surface area contributed by atoms with Gasteiger partial charge in [0.2, 0.25) is 0 Å². The van der Waals surface area contributed by atoms with Gasteiger partial charge >= 0.3 is 0 Å². The highest BCUT2D eigenvalue weighted by Gasteiger charge is 2.48. The van der Waals surface area contributed by atoms with Gasteiger partial charge in [0.15, 0.2) is 0 Å². The maximum absolute atomic E-state index is 9.42. The maximum Gasteiger partial charge on any atom is 0.122 e. The largest absolute Gasteiger partial charge is 0.491 e. The van der Waals surface area contributed by atoms with Crippen LogP contribution in [0.25, 0.3) is 33.4 Å². The minimum Gasteiger partial charge on any atom is -0.491 e. The molecule has 0 spiro atoms. The molecule has 4 nitrogen and oxygen atoms in total. The Balaban J connectivity index is 1.59. The van der Waals surface area contributed by atoms with Gasteiger partial charge < -0.3 is 19.7 Å². The van der Waals surface area contributed by atoms with Crippen molar-refractivity contribution in [3.63, 3.8) is 0 Å². The second-order valence-electron chi connectivity index (χ2n) is 11.3. The first-order chi connectivity index (χ1) is 22.1. The van der Waals surface area contributed by atoms with E-state index in [4.69, 9.17) is 9.47 Å². The zero-order valence-electron chi connectivity index (χ0n) is 25.2. The van der Waals surface area contributed by atoms with Crippen molar-refractivity contribution in [2.24, 2.45) is 0 Å². The average molecular weight is 631 g/mol. The van der Waals surface area contributed by atoms with E-state index in [0.29, 0.717) is 0 Å². The summed E-state index contributed by atoms with van der Waals surface area (Å²) in [7, 11) is 0. The lowest BCUT2D eigenvalue weighted by molar-refractivity contribution is 0.200. The number of aryl methyl sites for hydroxylation is 2. The van der Waals surface area contributed by atoms with Gasteiger partial charge in [-0.2, -0.15) is 22.7 Å². The van der Waals surface area contributed by atoms with Gasteiger partial charge in [0.05, 0.1) is 18.6 Å². The average Bonchev–Trinajstić information content (AvgIpc) is 3.84. The van der Waals surface area contributed by atoms with Gasteiger partial charge in [-0.15, -0.1) is 0 Å². The molecule has 0 saturated carbocycles. The van der Waals surface area contributed by atoms with Crippen LogP contribution < -0.4 is 9.47 Å². The van der Waals surface area contributed by atoms with Crippen molar-refractivity contribution in [1.29, 1.82) is 0 Å². The molecule has 2 heterocycles. The van der Waals surface area contributed by atoms with Crippen LogP contribution in [-0.2, 0) is 5.41 Å². The molecule has 4 aromatic carbocycles. The molecule has 0 atom stereocenters. The summed E-state index contributed by atoms with van der Waals surface area (Å²) >= 11 is 3.43. The first-order valence-corrected chi connectivity index (χ1v) is 17.0. The standard InChI is InChI=1S/C39H34O4S2/c1-25-21-29(9-11-35(25)42-17-15-40)39(30-10-12-36(26(2)22-30)43-18-16-41)33-7-3-5-31(27-13-19-44-23-27)37(33)38-32(6-4-8-34(38)39)28-14-20-45-24-28/h3-14,19-24,40-41H,15-18H2,1-2H3. The van der Waals surface area contributed by atoms with E-state index in [0.717, 1.165) is 33.8 Å². The number of aliphatic hydroxyl groups excluding tert-OH is 2. The summed E-state index contributed by atoms with van der Waals surface area (Å²) in [6.45, 7) is 4.57. The summed E-state index contributed by atoms with van der Waals surface area (Å²) in [5.41, 5.74) is 13.5. The normalized spacial score (nSPS) is 13.0. The van der Waals surface area contributed by atoms with Crippen LogP contribution in [0.2, 0.25) is 0 Å². The van der Waals surface area contributed by atoms with Gasteiger partial charge in [0.1, 0.15) is 24.7 Å². The van der Waals surface area contributed by atoms with Gasteiger partial charge in [0.25, 0.3) is 0 Å². The van der Waals surface area contributed by atoms with Crippen molar-refractivity contribution in [2.45, 2.75) is 19.3 Å². The molecule has 0 radical (unpaired) electrons. The van der Waals surface area contributed by atoms with E-state index in [1.807, 2.05) is 12.1 Å². The Morgan fingerprint density at radius 3 is 1.44 bits per heavy atom. The molecule has 0 bridgehead atoms. The Morgan fingerprint density at radius 1 is 0.600 bits per heavy atom. The highest BCUT2D eigenvalue weighted by atomic mass is 32.1. The number of benzene rings is 4. The van der Waals surface area contributed by atoms with Crippen LogP contribution >= 0.6 is 22.7 Å². The predicted molar refractivity (Wildman–Crippen MR) is 185 cm³/mol. The van der Waals surface area contributed by atoms with Gasteiger partial charge in [-0.05, 0) is 126 Å². The van der Waals surface area contributed by atoms with Crippen molar-refractivity contribution >= 4 is 22.7 Å². The van der Waals surface area contributed by atoms with Gasteiger partial charge in [0, 0.05) is 0 Å². The van der Waals surface area contributed by atoms with Crippen LogP contribution in [0.15, 0.2) is 106 Å². The van der Waals surface area contributed by atoms with E-state index in [1.54, 1.807) is 22.7 Å². The van der Waals surface area contributed by atoms with Crippen molar-refractivity contribution in [1.82, 2.24) is 0 Å². The minimum atomic E-state index is -0.636. The van der Waals surface area contributed by atoms with E-state index in [1.165, 1.54) is 44.5 Å². The molecule has 0 fully saturated rings. The molecule has 1 aliphatic rings. The van der Waals surface area contributed by atoms with Crippen molar-refractivity contribution in [3.05, 3.63) is 140 Å². The third-order valence-corrected chi connectivity index (χ3v) is 10.1. The predicted octanol–water partition coefficient (Wildman–Crippen LogP) is 8.87. The van der Waals surface area contributed by atoms with Crippen molar-refractivity contribution in [3.8, 4) is 44.9 Å². The van der Waals surface area contributed by atoms with Gasteiger partial charge in [-0.1, -0.05) is 60.7 Å². The second kappa shape index (κ2) is 12.3. The quantitative estimate of drug-likeness (QED) is 0.159. The van der Waals surface area contributed by atoms with Crippen LogP contribution in [-0.4, -0.2) is 36.6 Å². The molecule has 226 valence electrons. The summed E-state index contributed by atoms with van der Waals surface area (Å²) in [6, 6.07) is 30.8. The molecule has 6 heteroatoms. The van der Waals surface area contributed by atoms with E-state index >= 15 is 0 Å². The zero-order valence-corrected chi connectivity index (χ0v) is 26.9. The summed E-state index contributed by atoms with van der Waals surface area (Å²) in [4.78, 5) is 0. The molecule has 0 aliphatic heterocycles. The fraction of sp³-hybridized carbons (Fsp3) is 0.179. The number of hydrogen-bond acceptors (Lipinski definition) is 6. The maximum atomic E-state index is 9.42. The monoisotopic (exact) mass is 630 g/mol. The lowest BCUT2D eigenvalue weighted by atomic mass is 9.67. The zero-order chi connectivity index (χ0) is 31.0. The summed E-state index contributed by atoms with van der Waals surface area (Å²) in [6.07, 6.45) is 0. The fourth-order valence-electron chi connectivity index (χ4n) is 6.92. The number of hydrogen-bond donors (Lipinski definition) is 2. The lowest BCUT2D eigenvalue weighted by Crippen LogP contribution is -2.29. The highest BCUT2D eigenvalue weighted by Crippen LogP contribution is 2.61. The minimum absolute atomic E-state index is 0.0351. The van der Waals surface area contributed by atoms with E-state index in [2.05, 4.69) is 108 Å². The SMILES string of the molecule is Cc1cc(C2(c3ccc(OCCO)c(C)c3)c3cccc(-c4ccsc4)c3-c3c(-c4ccsc4)cccc32)ccc1OCCO. The van der Waals surface area contributed by atoms with E-state index in [9.17, 15) is 10.2 Å². The third-order valence-electron chi connectivity index (χ3n) is 8.76. The number of aliphatic hydroxyl groups is 2. The number of rotatable bonds is 10. The molecule has 1 aliphatic carbocycles. The number of ether oxygens (including phenoxy) is 2. The van der Waals surface area contributed by atoms with Crippen molar-refractivity contribution in [2.75, 3.05) is 26.4 Å². The first kappa shape index (κ1) is 29.5. The Bertz CT molecular complexity index is 1810. The third kappa shape index (κ3) is 4.89. The molecular formula is C39H34O4S2. The Morgan fingerprint density at radius 2 is 1.07 bits per heavy atom. The highest BCUT2D eigenvalue weighted by molar-refractivity contribution is 7.08. The van der Waals surface area contributed by atoms with Gasteiger partial charge in [-0.3, -0.25) is 0 Å². The van der Waals surface area contributed by atoms with E-state index < -0.39 is 5.41 Å². The van der Waals surface area contributed by atoms with E-state index in [-0.39, 0.29) is 26.4 Å². The number of thiophene rings is 2. The van der Waals surface area contributed by atoms with Gasteiger partial charge in [-0.25, -0.2) is 0 Å². The number of fused-ring (bicyclic) bond motifs is 3. The lowest BCUT2D eigenvalue weighted by Gasteiger charge is -2.35. The fourth-order valence-corrected chi connectivity index (χ4v) is 8.23. The molecule has 0 saturated heterocycles. The summed E-state index contributed by atoms with van der Waals surface area (Å²) in [5.74, 6) is 1.54. The molecule has 0 amide bonds. The Labute approximate surface area is 271 Å². The van der Waals surface area contributed by atoms with Crippen molar-refractivity contribution < 1.29 is 19.7 Å². The smallest absolute Gasteiger partial charge is 0.122 e. The van der Waals surface area contributed by atoms with Crippen LogP contribution in [0.4, 0.5) is 0 Å². The molecular weight excluding hydrogens is 597 g/mol. The molecule has 6 aromatic rings. The first-order valence-electron chi connectivity index (χ1n) is 15.1. The topological polar surface area (TPSA) is 58.9 Å². The molecule has 0 unspecified atom stereocenters. The summed E-state index contributed by atoms with van der Waals surface area (Å²) in [5, 5.41) is 27.6. The van der Waals surface area contributed by atoms with Crippen LogP contribution in [0, 0.1) is 13.8 Å². The van der Waals surface area contributed by atoms with Crippen LogP contribution in [0.5, 0.6) is 11.5 Å².